The Kier molecular flexibility index (Phi) is 5.73. The van der Waals surface area contributed by atoms with Gasteiger partial charge < -0.3 is 5.32 Å². The summed E-state index contributed by atoms with van der Waals surface area (Å²) < 4.78 is 36.5. The summed E-state index contributed by atoms with van der Waals surface area (Å²) in [4.78, 5) is 1.97. The van der Waals surface area contributed by atoms with Crippen LogP contribution in [-0.4, -0.2) is 43.3 Å². The van der Waals surface area contributed by atoms with Crippen LogP contribution in [-0.2, 0) is 0 Å². The van der Waals surface area contributed by atoms with Gasteiger partial charge in [0.15, 0.2) is 0 Å². The minimum atomic E-state index is -4.03. The second-order valence-electron chi connectivity index (χ2n) is 5.25. The first-order valence-corrected chi connectivity index (χ1v) is 6.40. The Hall–Kier alpha value is -0.290. The number of likely N-dealkylation sites (tertiary alicyclic amines) is 1. The van der Waals surface area contributed by atoms with Gasteiger partial charge in [0, 0.05) is 19.1 Å². The van der Waals surface area contributed by atoms with E-state index in [2.05, 4.69) is 19.2 Å². The molecule has 0 aromatic carbocycles. The lowest BCUT2D eigenvalue weighted by molar-refractivity contribution is -0.138. The van der Waals surface area contributed by atoms with Crippen LogP contribution in [0.2, 0.25) is 0 Å². The van der Waals surface area contributed by atoms with Gasteiger partial charge in [-0.3, -0.25) is 4.90 Å². The summed E-state index contributed by atoms with van der Waals surface area (Å²) in [5.41, 5.74) is 0. The molecule has 1 N–H and O–H groups in total. The zero-order valence-electron chi connectivity index (χ0n) is 10.7. The molecular weight excluding hydrogens is 229 g/mol. The third kappa shape index (κ3) is 6.27. The minimum absolute atomic E-state index is 0.150. The van der Waals surface area contributed by atoms with Gasteiger partial charge in [-0.2, -0.15) is 13.2 Å². The van der Waals surface area contributed by atoms with Gasteiger partial charge in [0.2, 0.25) is 0 Å². The molecule has 2 nitrogen and oxygen atoms in total. The Morgan fingerprint density at radius 3 is 2.65 bits per heavy atom. The van der Waals surface area contributed by atoms with Crippen molar-refractivity contribution in [3.63, 3.8) is 0 Å². The number of rotatable bonds is 6. The molecule has 1 aliphatic rings. The fourth-order valence-corrected chi connectivity index (χ4v) is 2.23. The minimum Gasteiger partial charge on any atom is -0.315 e. The van der Waals surface area contributed by atoms with Gasteiger partial charge in [-0.1, -0.05) is 13.8 Å². The highest BCUT2D eigenvalue weighted by Gasteiger charge is 2.31. The van der Waals surface area contributed by atoms with Crippen molar-refractivity contribution < 1.29 is 13.2 Å². The zero-order chi connectivity index (χ0) is 12.9. The largest absolute Gasteiger partial charge is 0.390 e. The molecule has 1 heterocycles. The van der Waals surface area contributed by atoms with E-state index in [0.717, 1.165) is 32.5 Å². The first kappa shape index (κ1) is 14.8. The monoisotopic (exact) mass is 252 g/mol. The number of hydrogen-bond donors (Lipinski definition) is 1. The van der Waals surface area contributed by atoms with Gasteiger partial charge in [0.1, 0.15) is 0 Å². The van der Waals surface area contributed by atoms with Gasteiger partial charge >= 0.3 is 6.18 Å². The molecule has 1 saturated heterocycles. The van der Waals surface area contributed by atoms with Crippen molar-refractivity contribution in [2.75, 3.05) is 26.2 Å². The molecule has 102 valence electrons. The van der Waals surface area contributed by atoms with E-state index in [1.165, 1.54) is 0 Å². The summed E-state index contributed by atoms with van der Waals surface area (Å²) in [6, 6.07) is 0.288. The molecule has 5 heteroatoms. The van der Waals surface area contributed by atoms with Gasteiger partial charge in [-0.25, -0.2) is 0 Å². The summed E-state index contributed by atoms with van der Waals surface area (Å²) in [5.74, 6) is 0.583. The van der Waals surface area contributed by atoms with E-state index in [1.54, 1.807) is 0 Å². The Bertz CT molecular complexity index is 216. The van der Waals surface area contributed by atoms with Crippen LogP contribution in [0, 0.1) is 5.92 Å². The van der Waals surface area contributed by atoms with E-state index in [-0.39, 0.29) is 12.6 Å². The maximum Gasteiger partial charge on any atom is 0.390 e. The summed E-state index contributed by atoms with van der Waals surface area (Å²) in [6.07, 6.45) is -2.68. The van der Waals surface area contributed by atoms with E-state index in [0.29, 0.717) is 5.92 Å². The van der Waals surface area contributed by atoms with E-state index < -0.39 is 12.6 Å². The SMILES string of the molecule is CC(C)CNCC1CCCN1CCC(F)(F)F. The average Bonchev–Trinajstić information content (AvgIpc) is 2.61. The molecule has 17 heavy (non-hydrogen) atoms. The quantitative estimate of drug-likeness (QED) is 0.782. The standard InChI is InChI=1S/C12H23F3N2/c1-10(2)8-16-9-11-4-3-6-17(11)7-5-12(13,14)15/h10-11,16H,3-9H2,1-2H3. The van der Waals surface area contributed by atoms with Crippen LogP contribution < -0.4 is 5.32 Å². The molecule has 1 aliphatic heterocycles. The number of alkyl halides is 3. The third-order valence-electron chi connectivity index (χ3n) is 3.11. The molecule has 0 aromatic heterocycles. The van der Waals surface area contributed by atoms with Crippen molar-refractivity contribution >= 4 is 0 Å². The van der Waals surface area contributed by atoms with Crippen molar-refractivity contribution in [1.29, 1.82) is 0 Å². The van der Waals surface area contributed by atoms with Crippen LogP contribution >= 0.6 is 0 Å². The second kappa shape index (κ2) is 6.59. The number of nitrogens with zero attached hydrogens (tertiary/aromatic N) is 1. The number of nitrogens with one attached hydrogen (secondary N) is 1. The highest BCUT2D eigenvalue weighted by atomic mass is 19.4. The molecule has 0 spiro atoms. The average molecular weight is 252 g/mol. The van der Waals surface area contributed by atoms with Crippen molar-refractivity contribution in [2.45, 2.75) is 45.3 Å². The molecule has 0 saturated carbocycles. The summed E-state index contributed by atoms with van der Waals surface area (Å²) in [7, 11) is 0. The van der Waals surface area contributed by atoms with E-state index in [9.17, 15) is 13.2 Å². The molecule has 1 fully saturated rings. The van der Waals surface area contributed by atoms with Gasteiger partial charge in [0.25, 0.3) is 0 Å². The fraction of sp³-hybridized carbons (Fsp3) is 1.00. The lowest BCUT2D eigenvalue weighted by atomic mass is 10.2. The van der Waals surface area contributed by atoms with Crippen LogP contribution in [0.5, 0.6) is 0 Å². The lowest BCUT2D eigenvalue weighted by Gasteiger charge is -2.25. The Morgan fingerprint density at radius 1 is 1.35 bits per heavy atom. The van der Waals surface area contributed by atoms with Gasteiger partial charge in [-0.05, 0) is 31.8 Å². The van der Waals surface area contributed by atoms with Crippen LogP contribution in [0.3, 0.4) is 0 Å². The van der Waals surface area contributed by atoms with E-state index in [4.69, 9.17) is 0 Å². The molecule has 1 unspecified atom stereocenters. The van der Waals surface area contributed by atoms with Crippen LogP contribution in [0.1, 0.15) is 33.1 Å². The van der Waals surface area contributed by atoms with Gasteiger partial charge in [0.05, 0.1) is 6.42 Å². The molecule has 0 aromatic rings. The fourth-order valence-electron chi connectivity index (χ4n) is 2.23. The smallest absolute Gasteiger partial charge is 0.315 e. The molecule has 0 aliphatic carbocycles. The first-order valence-electron chi connectivity index (χ1n) is 6.40. The van der Waals surface area contributed by atoms with Crippen molar-refractivity contribution in [3.8, 4) is 0 Å². The highest BCUT2D eigenvalue weighted by molar-refractivity contribution is 4.81. The normalized spacial score (nSPS) is 22.6. The predicted octanol–water partition coefficient (Wildman–Crippen LogP) is 2.65. The predicted molar refractivity (Wildman–Crippen MR) is 63.0 cm³/mol. The van der Waals surface area contributed by atoms with E-state index in [1.807, 2.05) is 4.90 Å². The molecule has 1 rings (SSSR count). The number of halogens is 3. The van der Waals surface area contributed by atoms with Crippen molar-refractivity contribution in [1.82, 2.24) is 10.2 Å². The molecule has 1 atom stereocenters. The lowest BCUT2D eigenvalue weighted by Crippen LogP contribution is -2.40. The topological polar surface area (TPSA) is 15.3 Å². The zero-order valence-corrected chi connectivity index (χ0v) is 10.7. The Labute approximate surface area is 102 Å². The Morgan fingerprint density at radius 2 is 2.06 bits per heavy atom. The molecule has 0 radical (unpaired) electrons. The molecule has 0 bridgehead atoms. The maximum atomic E-state index is 12.2. The summed E-state index contributed by atoms with van der Waals surface area (Å²) in [6.45, 7) is 6.97. The van der Waals surface area contributed by atoms with E-state index >= 15 is 0 Å². The number of hydrogen-bond acceptors (Lipinski definition) is 2. The Balaban J connectivity index is 2.24. The third-order valence-corrected chi connectivity index (χ3v) is 3.11. The second-order valence-corrected chi connectivity index (χ2v) is 5.25. The van der Waals surface area contributed by atoms with Crippen LogP contribution in [0.4, 0.5) is 13.2 Å². The molecule has 0 amide bonds. The van der Waals surface area contributed by atoms with Crippen molar-refractivity contribution in [3.05, 3.63) is 0 Å². The highest BCUT2D eigenvalue weighted by Crippen LogP contribution is 2.23. The van der Waals surface area contributed by atoms with Crippen LogP contribution in [0.15, 0.2) is 0 Å². The van der Waals surface area contributed by atoms with Crippen LogP contribution in [0.25, 0.3) is 0 Å². The maximum absolute atomic E-state index is 12.2. The summed E-state index contributed by atoms with van der Waals surface area (Å²) in [5, 5.41) is 3.33. The molecular formula is C12H23F3N2. The first-order chi connectivity index (χ1) is 7.88. The van der Waals surface area contributed by atoms with Crippen molar-refractivity contribution in [2.24, 2.45) is 5.92 Å². The van der Waals surface area contributed by atoms with Gasteiger partial charge in [-0.15, -0.1) is 0 Å². The summed E-state index contributed by atoms with van der Waals surface area (Å²) >= 11 is 0.